The normalized spacial score (nSPS) is 18.0. The monoisotopic (exact) mass is 327 g/mol. The van der Waals surface area contributed by atoms with Gasteiger partial charge in [0.2, 0.25) is 5.91 Å². The number of carbonyl (C=O) groups is 1. The molecule has 0 aliphatic carbocycles. The summed E-state index contributed by atoms with van der Waals surface area (Å²) >= 11 is 1.48. The highest BCUT2D eigenvalue weighted by Crippen LogP contribution is 2.15. The van der Waals surface area contributed by atoms with Gasteiger partial charge in [-0.25, -0.2) is 4.98 Å². The van der Waals surface area contributed by atoms with Crippen molar-refractivity contribution in [3.05, 3.63) is 60.3 Å². The number of aromatic nitrogens is 1. The summed E-state index contributed by atoms with van der Waals surface area (Å²) in [5, 5.41) is 4.02. The van der Waals surface area contributed by atoms with Crippen molar-refractivity contribution in [2.75, 3.05) is 18.8 Å². The van der Waals surface area contributed by atoms with Crippen LogP contribution in [0, 0.1) is 0 Å². The van der Waals surface area contributed by atoms with Crippen molar-refractivity contribution < 1.29 is 4.79 Å². The molecule has 1 aliphatic heterocycles. The van der Waals surface area contributed by atoms with Crippen LogP contribution in [-0.4, -0.2) is 40.7 Å². The molecule has 0 spiro atoms. The van der Waals surface area contributed by atoms with E-state index in [2.05, 4.69) is 39.5 Å². The Kier molecular flexibility index (Phi) is 5.66. The van der Waals surface area contributed by atoms with Gasteiger partial charge >= 0.3 is 0 Å². The van der Waals surface area contributed by atoms with Gasteiger partial charge in [0.15, 0.2) is 0 Å². The van der Waals surface area contributed by atoms with E-state index in [0.29, 0.717) is 5.75 Å². The summed E-state index contributed by atoms with van der Waals surface area (Å²) in [7, 11) is 0. The third-order valence-electron chi connectivity index (χ3n) is 3.88. The van der Waals surface area contributed by atoms with Gasteiger partial charge in [-0.15, -0.1) is 0 Å². The first-order valence-electron chi connectivity index (χ1n) is 7.89. The van der Waals surface area contributed by atoms with Crippen LogP contribution < -0.4 is 5.32 Å². The minimum atomic E-state index is 0.0900. The lowest BCUT2D eigenvalue weighted by Crippen LogP contribution is -2.38. The standard InChI is InChI=1S/C18H21N3OS/c22-17(14-23-18-8-4-5-10-19-18)20-16-9-11-21(13-16)12-15-6-2-1-3-7-15/h1-8,10,16H,9,11-14H2,(H,20,22)/t16-/m0/s1. The van der Waals surface area contributed by atoms with Crippen molar-refractivity contribution in [2.45, 2.75) is 24.0 Å². The fraction of sp³-hybridized carbons (Fsp3) is 0.333. The molecule has 2 aromatic rings. The van der Waals surface area contributed by atoms with E-state index in [-0.39, 0.29) is 11.9 Å². The number of thioether (sulfide) groups is 1. The van der Waals surface area contributed by atoms with Crippen LogP contribution in [0.15, 0.2) is 59.8 Å². The van der Waals surface area contributed by atoms with Gasteiger partial charge in [0.25, 0.3) is 0 Å². The van der Waals surface area contributed by atoms with Crippen molar-refractivity contribution in [1.82, 2.24) is 15.2 Å². The number of pyridine rings is 1. The molecule has 0 radical (unpaired) electrons. The summed E-state index contributed by atoms with van der Waals surface area (Å²) in [5.41, 5.74) is 1.32. The third-order valence-corrected chi connectivity index (χ3v) is 4.82. The van der Waals surface area contributed by atoms with Crippen LogP contribution in [0.3, 0.4) is 0 Å². The molecule has 1 aliphatic rings. The summed E-state index contributed by atoms with van der Waals surface area (Å²) in [5.74, 6) is 0.513. The van der Waals surface area contributed by atoms with Gasteiger partial charge in [0, 0.05) is 31.9 Å². The van der Waals surface area contributed by atoms with E-state index >= 15 is 0 Å². The SMILES string of the molecule is O=C(CSc1ccccn1)N[C@H]1CCN(Cc2ccccc2)C1. The topological polar surface area (TPSA) is 45.2 Å². The van der Waals surface area contributed by atoms with Gasteiger partial charge in [-0.05, 0) is 24.1 Å². The summed E-state index contributed by atoms with van der Waals surface area (Å²) in [4.78, 5) is 18.7. The molecule has 1 fully saturated rings. The summed E-state index contributed by atoms with van der Waals surface area (Å²) in [6.45, 7) is 2.91. The number of rotatable bonds is 6. The Hall–Kier alpha value is -1.85. The van der Waals surface area contributed by atoms with Crippen molar-refractivity contribution in [2.24, 2.45) is 0 Å². The van der Waals surface area contributed by atoms with Gasteiger partial charge in [-0.1, -0.05) is 48.2 Å². The molecule has 23 heavy (non-hydrogen) atoms. The zero-order valence-electron chi connectivity index (χ0n) is 13.0. The smallest absolute Gasteiger partial charge is 0.230 e. The fourth-order valence-electron chi connectivity index (χ4n) is 2.78. The highest BCUT2D eigenvalue weighted by Gasteiger charge is 2.23. The number of hydrogen-bond donors (Lipinski definition) is 1. The van der Waals surface area contributed by atoms with Gasteiger partial charge in [-0.3, -0.25) is 9.69 Å². The summed E-state index contributed by atoms with van der Waals surface area (Å²) < 4.78 is 0. The highest BCUT2D eigenvalue weighted by molar-refractivity contribution is 7.99. The molecule has 3 rings (SSSR count). The number of carbonyl (C=O) groups excluding carboxylic acids is 1. The number of benzene rings is 1. The molecule has 0 saturated carbocycles. The Morgan fingerprint density at radius 3 is 2.83 bits per heavy atom. The molecule has 0 unspecified atom stereocenters. The maximum Gasteiger partial charge on any atom is 0.230 e. The van der Waals surface area contributed by atoms with Crippen molar-refractivity contribution in [1.29, 1.82) is 0 Å². The number of amides is 1. The van der Waals surface area contributed by atoms with E-state index in [1.807, 2.05) is 24.3 Å². The van der Waals surface area contributed by atoms with Crippen LogP contribution >= 0.6 is 11.8 Å². The molecule has 1 aromatic carbocycles. The molecular formula is C18H21N3OS. The largest absolute Gasteiger partial charge is 0.351 e. The quantitative estimate of drug-likeness (QED) is 0.828. The Morgan fingerprint density at radius 1 is 1.22 bits per heavy atom. The zero-order chi connectivity index (χ0) is 15.9. The van der Waals surface area contributed by atoms with Gasteiger partial charge < -0.3 is 5.32 Å². The molecule has 2 heterocycles. The Morgan fingerprint density at radius 2 is 2.04 bits per heavy atom. The Bertz CT molecular complexity index is 621. The predicted octanol–water partition coefficient (Wildman–Crippen LogP) is 2.56. The van der Waals surface area contributed by atoms with E-state index in [4.69, 9.17) is 0 Å². The molecule has 0 bridgehead atoms. The van der Waals surface area contributed by atoms with Gasteiger partial charge in [-0.2, -0.15) is 0 Å². The maximum absolute atomic E-state index is 12.1. The second-order valence-electron chi connectivity index (χ2n) is 5.73. The van der Waals surface area contributed by atoms with Crippen LogP contribution in [0.1, 0.15) is 12.0 Å². The first-order valence-corrected chi connectivity index (χ1v) is 8.87. The molecule has 5 heteroatoms. The maximum atomic E-state index is 12.1. The molecule has 1 N–H and O–H groups in total. The molecule has 1 aromatic heterocycles. The predicted molar refractivity (Wildman–Crippen MR) is 93.2 cm³/mol. The minimum absolute atomic E-state index is 0.0900. The third kappa shape index (κ3) is 5.08. The molecule has 4 nitrogen and oxygen atoms in total. The first kappa shape index (κ1) is 16.0. The summed E-state index contributed by atoms with van der Waals surface area (Å²) in [6, 6.07) is 16.5. The molecule has 120 valence electrons. The lowest BCUT2D eigenvalue weighted by atomic mass is 10.2. The van der Waals surface area contributed by atoms with Crippen molar-refractivity contribution >= 4 is 17.7 Å². The Labute approximate surface area is 141 Å². The van der Waals surface area contributed by atoms with Crippen LogP contribution in [-0.2, 0) is 11.3 Å². The highest BCUT2D eigenvalue weighted by atomic mass is 32.2. The zero-order valence-corrected chi connectivity index (χ0v) is 13.8. The first-order chi connectivity index (χ1) is 11.3. The van der Waals surface area contributed by atoms with Gasteiger partial charge in [0.05, 0.1) is 10.8 Å². The number of likely N-dealkylation sites (tertiary alicyclic amines) is 1. The van der Waals surface area contributed by atoms with Crippen LogP contribution in [0.25, 0.3) is 0 Å². The fourth-order valence-corrected chi connectivity index (χ4v) is 3.45. The van der Waals surface area contributed by atoms with Crippen LogP contribution in [0.4, 0.5) is 0 Å². The number of nitrogens with zero attached hydrogens (tertiary/aromatic N) is 2. The summed E-state index contributed by atoms with van der Waals surface area (Å²) in [6.07, 6.45) is 2.77. The van der Waals surface area contributed by atoms with Gasteiger partial charge in [0.1, 0.15) is 0 Å². The molecular weight excluding hydrogens is 306 g/mol. The molecule has 1 atom stereocenters. The van der Waals surface area contributed by atoms with E-state index in [1.54, 1.807) is 6.20 Å². The average molecular weight is 327 g/mol. The lowest BCUT2D eigenvalue weighted by Gasteiger charge is -2.16. The number of hydrogen-bond acceptors (Lipinski definition) is 4. The van der Waals surface area contributed by atoms with Crippen LogP contribution in [0.2, 0.25) is 0 Å². The second kappa shape index (κ2) is 8.13. The van der Waals surface area contributed by atoms with Crippen molar-refractivity contribution in [3.8, 4) is 0 Å². The van der Waals surface area contributed by atoms with E-state index in [9.17, 15) is 4.79 Å². The number of nitrogens with one attached hydrogen (secondary N) is 1. The lowest BCUT2D eigenvalue weighted by molar-refractivity contribution is -0.119. The molecule has 1 amide bonds. The second-order valence-corrected chi connectivity index (χ2v) is 6.73. The van der Waals surface area contributed by atoms with E-state index in [0.717, 1.165) is 31.1 Å². The average Bonchev–Trinajstić information content (AvgIpc) is 3.02. The van der Waals surface area contributed by atoms with Crippen LogP contribution in [0.5, 0.6) is 0 Å². The minimum Gasteiger partial charge on any atom is -0.351 e. The molecule has 1 saturated heterocycles. The van der Waals surface area contributed by atoms with E-state index < -0.39 is 0 Å². The van der Waals surface area contributed by atoms with Crippen molar-refractivity contribution in [3.63, 3.8) is 0 Å². The Balaban J connectivity index is 1.40. The van der Waals surface area contributed by atoms with E-state index in [1.165, 1.54) is 17.3 Å².